The van der Waals surface area contributed by atoms with Gasteiger partial charge in [0.05, 0.1) is 0 Å². The second-order valence-electron chi connectivity index (χ2n) is 6.74. The Morgan fingerprint density at radius 1 is 1.52 bits per heavy atom. The summed E-state index contributed by atoms with van der Waals surface area (Å²) in [5.41, 5.74) is -0.460. The standard InChI is InChI=1S/C16H26N4O2S/c1-16(2,3)22-15(21)18-10-12-6-5-9-20(11-12)13-7-8-17-14(19-13)23-4/h7-8,12H,5-6,9-11H2,1-4H3,(H,18,21)/t12-/m0/s1. The van der Waals surface area contributed by atoms with E-state index in [9.17, 15) is 4.79 Å². The summed E-state index contributed by atoms with van der Waals surface area (Å²) in [5, 5.41) is 3.67. The normalized spacial score (nSPS) is 18.6. The maximum atomic E-state index is 11.8. The van der Waals surface area contributed by atoms with E-state index in [4.69, 9.17) is 4.74 Å². The van der Waals surface area contributed by atoms with Crippen LogP contribution in [0.2, 0.25) is 0 Å². The van der Waals surface area contributed by atoms with Gasteiger partial charge in [0.1, 0.15) is 11.4 Å². The van der Waals surface area contributed by atoms with Crippen molar-refractivity contribution >= 4 is 23.7 Å². The summed E-state index contributed by atoms with van der Waals surface area (Å²) in [7, 11) is 0. The third kappa shape index (κ3) is 5.89. The second-order valence-corrected chi connectivity index (χ2v) is 7.51. The number of rotatable bonds is 4. The molecule has 128 valence electrons. The summed E-state index contributed by atoms with van der Waals surface area (Å²) >= 11 is 1.54. The average molecular weight is 338 g/mol. The number of ether oxygens (including phenoxy) is 1. The summed E-state index contributed by atoms with van der Waals surface area (Å²) in [6.45, 7) is 8.12. The van der Waals surface area contributed by atoms with E-state index in [0.29, 0.717) is 12.5 Å². The third-order valence-corrected chi connectivity index (χ3v) is 4.14. The van der Waals surface area contributed by atoms with Gasteiger partial charge in [0.2, 0.25) is 0 Å². The van der Waals surface area contributed by atoms with Crippen molar-refractivity contribution in [3.63, 3.8) is 0 Å². The molecule has 1 aromatic rings. The van der Waals surface area contributed by atoms with E-state index < -0.39 is 5.60 Å². The van der Waals surface area contributed by atoms with Gasteiger partial charge >= 0.3 is 6.09 Å². The predicted molar refractivity (Wildman–Crippen MR) is 93.0 cm³/mol. The van der Waals surface area contributed by atoms with Crippen LogP contribution in [0.1, 0.15) is 33.6 Å². The van der Waals surface area contributed by atoms with E-state index in [-0.39, 0.29) is 6.09 Å². The molecule has 1 aliphatic heterocycles. The van der Waals surface area contributed by atoms with Crippen molar-refractivity contribution in [3.05, 3.63) is 12.3 Å². The minimum atomic E-state index is -0.460. The van der Waals surface area contributed by atoms with Gasteiger partial charge in [-0.1, -0.05) is 11.8 Å². The number of alkyl carbamates (subject to hydrolysis) is 1. The van der Waals surface area contributed by atoms with Gasteiger partial charge in [-0.25, -0.2) is 14.8 Å². The molecule has 0 spiro atoms. The smallest absolute Gasteiger partial charge is 0.407 e. The van der Waals surface area contributed by atoms with Crippen molar-refractivity contribution in [2.24, 2.45) is 5.92 Å². The molecule has 1 fully saturated rings. The molecule has 0 radical (unpaired) electrons. The fraction of sp³-hybridized carbons (Fsp3) is 0.688. The number of amides is 1. The molecule has 0 aliphatic carbocycles. The molecule has 23 heavy (non-hydrogen) atoms. The molecule has 1 atom stereocenters. The van der Waals surface area contributed by atoms with E-state index in [0.717, 1.165) is 36.9 Å². The predicted octanol–water partition coefficient (Wildman–Crippen LogP) is 2.94. The number of carbonyl (C=O) groups excluding carboxylic acids is 1. The van der Waals surface area contributed by atoms with Crippen molar-refractivity contribution in [1.29, 1.82) is 0 Å². The van der Waals surface area contributed by atoms with Crippen LogP contribution in [0.3, 0.4) is 0 Å². The molecular weight excluding hydrogens is 312 g/mol. The van der Waals surface area contributed by atoms with Crippen LogP contribution in [0.5, 0.6) is 0 Å². The Morgan fingerprint density at radius 2 is 2.30 bits per heavy atom. The first-order valence-corrected chi connectivity index (χ1v) is 9.18. The SMILES string of the molecule is CSc1nccc(N2CCC[C@@H](CNC(=O)OC(C)(C)C)C2)n1. The van der Waals surface area contributed by atoms with Gasteiger partial charge in [-0.05, 0) is 51.9 Å². The number of aromatic nitrogens is 2. The molecule has 1 saturated heterocycles. The number of piperidine rings is 1. The third-order valence-electron chi connectivity index (χ3n) is 3.58. The zero-order chi connectivity index (χ0) is 16.9. The lowest BCUT2D eigenvalue weighted by atomic mass is 9.98. The van der Waals surface area contributed by atoms with Gasteiger partial charge in [-0.2, -0.15) is 0 Å². The molecule has 1 aromatic heterocycles. The first-order valence-electron chi connectivity index (χ1n) is 7.96. The Labute approximate surface area is 142 Å². The lowest BCUT2D eigenvalue weighted by molar-refractivity contribution is 0.0517. The molecule has 1 N–H and O–H groups in total. The lowest BCUT2D eigenvalue weighted by Crippen LogP contribution is -2.42. The first-order chi connectivity index (χ1) is 10.9. The van der Waals surface area contributed by atoms with Crippen LogP contribution < -0.4 is 10.2 Å². The second kappa shape index (κ2) is 7.86. The van der Waals surface area contributed by atoms with Crippen LogP contribution in [-0.2, 0) is 4.74 Å². The molecular formula is C16H26N4O2S. The quantitative estimate of drug-likeness (QED) is 0.672. The molecule has 2 heterocycles. The van der Waals surface area contributed by atoms with Crippen LogP contribution in [0, 0.1) is 5.92 Å². The molecule has 0 bridgehead atoms. The number of hydrogen-bond acceptors (Lipinski definition) is 6. The Hall–Kier alpha value is -1.50. The van der Waals surface area contributed by atoms with Gasteiger partial charge < -0.3 is 15.0 Å². The molecule has 6 nitrogen and oxygen atoms in total. The number of hydrogen-bond donors (Lipinski definition) is 1. The van der Waals surface area contributed by atoms with Gasteiger partial charge in [-0.15, -0.1) is 0 Å². The Morgan fingerprint density at radius 3 is 3.00 bits per heavy atom. The summed E-state index contributed by atoms with van der Waals surface area (Å²) < 4.78 is 5.28. The fourth-order valence-corrected chi connectivity index (χ4v) is 2.94. The largest absolute Gasteiger partial charge is 0.444 e. The van der Waals surface area contributed by atoms with Gasteiger partial charge in [0.25, 0.3) is 0 Å². The molecule has 0 aromatic carbocycles. The van der Waals surface area contributed by atoms with Crippen molar-refractivity contribution < 1.29 is 9.53 Å². The highest BCUT2D eigenvalue weighted by Gasteiger charge is 2.23. The fourth-order valence-electron chi connectivity index (χ4n) is 2.59. The van der Waals surface area contributed by atoms with Crippen LogP contribution in [0.25, 0.3) is 0 Å². The molecule has 1 aliphatic rings. The van der Waals surface area contributed by atoms with Gasteiger partial charge in [-0.3, -0.25) is 0 Å². The Balaban J connectivity index is 1.87. The minimum absolute atomic E-state index is 0.346. The van der Waals surface area contributed by atoms with Crippen LogP contribution in [0.4, 0.5) is 10.6 Å². The molecule has 0 unspecified atom stereocenters. The summed E-state index contributed by atoms with van der Waals surface area (Å²) in [6, 6.07) is 1.95. The van der Waals surface area contributed by atoms with E-state index in [2.05, 4.69) is 20.2 Å². The zero-order valence-corrected chi connectivity index (χ0v) is 15.2. The average Bonchev–Trinajstić information content (AvgIpc) is 2.52. The lowest BCUT2D eigenvalue weighted by Gasteiger charge is -2.33. The van der Waals surface area contributed by atoms with Gasteiger partial charge in [0, 0.05) is 25.8 Å². The van der Waals surface area contributed by atoms with Crippen molar-refractivity contribution in [3.8, 4) is 0 Å². The van der Waals surface area contributed by atoms with Crippen molar-refractivity contribution in [2.75, 3.05) is 30.8 Å². The minimum Gasteiger partial charge on any atom is -0.444 e. The molecule has 2 rings (SSSR count). The first kappa shape index (κ1) is 17.8. The Bertz CT molecular complexity index is 533. The summed E-state index contributed by atoms with van der Waals surface area (Å²) in [5.74, 6) is 1.37. The van der Waals surface area contributed by atoms with Crippen molar-refractivity contribution in [1.82, 2.24) is 15.3 Å². The van der Waals surface area contributed by atoms with E-state index in [1.54, 1.807) is 18.0 Å². The number of anilines is 1. The van der Waals surface area contributed by atoms with Crippen LogP contribution in [-0.4, -0.2) is 47.6 Å². The maximum absolute atomic E-state index is 11.8. The summed E-state index contributed by atoms with van der Waals surface area (Å²) in [6.07, 6.45) is 5.63. The summed E-state index contributed by atoms with van der Waals surface area (Å²) in [4.78, 5) is 22.8. The number of nitrogens with zero attached hydrogens (tertiary/aromatic N) is 3. The van der Waals surface area contributed by atoms with E-state index in [1.807, 2.05) is 33.1 Å². The van der Waals surface area contributed by atoms with E-state index in [1.165, 1.54) is 0 Å². The number of carbonyl (C=O) groups is 1. The van der Waals surface area contributed by atoms with Crippen LogP contribution >= 0.6 is 11.8 Å². The maximum Gasteiger partial charge on any atom is 0.407 e. The zero-order valence-electron chi connectivity index (χ0n) is 14.3. The monoisotopic (exact) mass is 338 g/mol. The molecule has 7 heteroatoms. The number of nitrogens with one attached hydrogen (secondary N) is 1. The molecule has 1 amide bonds. The highest BCUT2D eigenvalue weighted by molar-refractivity contribution is 7.98. The highest BCUT2D eigenvalue weighted by atomic mass is 32.2. The van der Waals surface area contributed by atoms with Crippen molar-refractivity contribution in [2.45, 2.75) is 44.4 Å². The Kier molecular flexibility index (Phi) is 6.10. The highest BCUT2D eigenvalue weighted by Crippen LogP contribution is 2.22. The van der Waals surface area contributed by atoms with Crippen LogP contribution in [0.15, 0.2) is 17.4 Å². The van der Waals surface area contributed by atoms with E-state index >= 15 is 0 Å². The number of thioether (sulfide) groups is 1. The molecule has 0 saturated carbocycles. The topological polar surface area (TPSA) is 67.4 Å². The van der Waals surface area contributed by atoms with Gasteiger partial charge in [0.15, 0.2) is 5.16 Å².